The van der Waals surface area contributed by atoms with Crippen LogP contribution in [-0.4, -0.2) is 16.2 Å². The van der Waals surface area contributed by atoms with Crippen molar-refractivity contribution in [3.8, 4) is 0 Å². The number of carboxylic acids is 1. The smallest absolute Gasteiger partial charge is 0.334 e. The number of aliphatic hydroxyl groups is 1. The van der Waals surface area contributed by atoms with E-state index >= 15 is 0 Å². The van der Waals surface area contributed by atoms with Gasteiger partial charge in [0.15, 0.2) is 0 Å². The van der Waals surface area contributed by atoms with Crippen LogP contribution >= 0.6 is 0 Å². The lowest BCUT2D eigenvalue weighted by atomic mass is 10.2. The van der Waals surface area contributed by atoms with E-state index in [1.54, 1.807) is 6.92 Å². The highest BCUT2D eigenvalue weighted by Crippen LogP contribution is 2.03. The molecule has 9 heavy (non-hydrogen) atoms. The fourth-order valence-corrected chi connectivity index (χ4v) is 0.389. The molecule has 2 N–H and O–H groups in total. The van der Waals surface area contributed by atoms with E-state index in [0.717, 1.165) is 0 Å². The molecule has 0 atom stereocenters. The van der Waals surface area contributed by atoms with Gasteiger partial charge in [0.05, 0.1) is 5.57 Å². The van der Waals surface area contributed by atoms with Crippen molar-refractivity contribution in [3.05, 3.63) is 11.3 Å². The second-order valence-electron chi connectivity index (χ2n) is 1.73. The second-order valence-corrected chi connectivity index (χ2v) is 1.73. The van der Waals surface area contributed by atoms with Crippen LogP contribution < -0.4 is 0 Å². The molecule has 0 saturated carbocycles. The lowest BCUT2D eigenvalue weighted by Gasteiger charge is -1.95. The monoisotopic (exact) mass is 130 g/mol. The number of carboxylic acid groups (broad SMARTS) is 1. The Morgan fingerprint density at radius 3 is 2.00 bits per heavy atom. The summed E-state index contributed by atoms with van der Waals surface area (Å²) in [5, 5.41) is 17.1. The molecule has 0 aliphatic carbocycles. The average molecular weight is 130 g/mol. The topological polar surface area (TPSA) is 57.5 Å². The number of allylic oxidation sites excluding steroid dienone is 1. The van der Waals surface area contributed by atoms with Gasteiger partial charge in [-0.15, -0.1) is 0 Å². The van der Waals surface area contributed by atoms with E-state index in [1.165, 1.54) is 6.92 Å². The van der Waals surface area contributed by atoms with Crippen molar-refractivity contribution in [2.75, 3.05) is 0 Å². The number of hydrogen-bond acceptors (Lipinski definition) is 2. The summed E-state index contributed by atoms with van der Waals surface area (Å²) in [5.41, 5.74) is 0.0255. The van der Waals surface area contributed by atoms with Crippen LogP contribution in [0.25, 0.3) is 0 Å². The van der Waals surface area contributed by atoms with Gasteiger partial charge in [0.25, 0.3) is 0 Å². The van der Waals surface area contributed by atoms with Crippen LogP contribution in [0, 0.1) is 0 Å². The van der Waals surface area contributed by atoms with Crippen molar-refractivity contribution in [1.82, 2.24) is 0 Å². The summed E-state index contributed by atoms with van der Waals surface area (Å²) in [5.74, 6) is -1.11. The van der Waals surface area contributed by atoms with E-state index < -0.39 is 5.97 Å². The Balaban J connectivity index is 4.28. The lowest BCUT2D eigenvalue weighted by Crippen LogP contribution is -1.99. The second kappa shape index (κ2) is 3.12. The molecule has 0 fully saturated rings. The van der Waals surface area contributed by atoms with E-state index in [-0.39, 0.29) is 11.3 Å². The third kappa shape index (κ3) is 2.17. The highest BCUT2D eigenvalue weighted by atomic mass is 16.4. The molecule has 0 aliphatic heterocycles. The number of rotatable bonds is 2. The number of carbonyl (C=O) groups is 1. The number of hydrogen-bond donors (Lipinski definition) is 2. The largest absolute Gasteiger partial charge is 0.512 e. The molecule has 0 aromatic heterocycles. The lowest BCUT2D eigenvalue weighted by molar-refractivity contribution is -0.132. The first kappa shape index (κ1) is 8.01. The Morgan fingerprint density at radius 2 is 1.89 bits per heavy atom. The molecule has 52 valence electrons. The maximum Gasteiger partial charge on any atom is 0.334 e. The van der Waals surface area contributed by atoms with Gasteiger partial charge in [0.2, 0.25) is 0 Å². The van der Waals surface area contributed by atoms with E-state index in [0.29, 0.717) is 6.42 Å². The van der Waals surface area contributed by atoms with Crippen LogP contribution in [0.15, 0.2) is 11.3 Å². The van der Waals surface area contributed by atoms with Gasteiger partial charge in [0.1, 0.15) is 5.76 Å². The van der Waals surface area contributed by atoms with Crippen molar-refractivity contribution < 1.29 is 15.0 Å². The Hall–Kier alpha value is -0.990. The third-order valence-corrected chi connectivity index (χ3v) is 1.09. The molecule has 3 heteroatoms. The molecule has 0 bridgehead atoms. The van der Waals surface area contributed by atoms with E-state index in [2.05, 4.69) is 0 Å². The van der Waals surface area contributed by atoms with Gasteiger partial charge in [0, 0.05) is 6.42 Å². The Morgan fingerprint density at radius 1 is 1.44 bits per heavy atom. The SMILES string of the molecule is CCC(O)=C(C)C(=O)O. The van der Waals surface area contributed by atoms with Crippen LogP contribution in [-0.2, 0) is 4.79 Å². The number of aliphatic hydroxyl groups excluding tert-OH is 1. The quantitative estimate of drug-likeness (QED) is 0.437. The average Bonchev–Trinajstić information content (AvgIpc) is 1.84. The molecular formula is C6H10O3. The first-order valence-corrected chi connectivity index (χ1v) is 2.71. The van der Waals surface area contributed by atoms with Gasteiger partial charge >= 0.3 is 5.97 Å². The molecule has 0 saturated heterocycles. The van der Waals surface area contributed by atoms with E-state index in [1.807, 2.05) is 0 Å². The zero-order chi connectivity index (χ0) is 7.44. The molecule has 0 rings (SSSR count). The predicted molar refractivity (Wildman–Crippen MR) is 33.3 cm³/mol. The van der Waals surface area contributed by atoms with Crippen molar-refractivity contribution in [2.24, 2.45) is 0 Å². The zero-order valence-electron chi connectivity index (χ0n) is 5.51. The summed E-state index contributed by atoms with van der Waals surface area (Å²) in [6, 6.07) is 0. The first-order valence-electron chi connectivity index (χ1n) is 2.71. The molecule has 0 aromatic rings. The van der Waals surface area contributed by atoms with Crippen molar-refractivity contribution in [2.45, 2.75) is 20.3 Å². The minimum absolute atomic E-state index is 0.0255. The maximum atomic E-state index is 10.1. The molecule has 0 radical (unpaired) electrons. The van der Waals surface area contributed by atoms with Gasteiger partial charge in [-0.05, 0) is 6.92 Å². The van der Waals surface area contributed by atoms with E-state index in [4.69, 9.17) is 10.2 Å². The summed E-state index contributed by atoms with van der Waals surface area (Å²) < 4.78 is 0. The summed E-state index contributed by atoms with van der Waals surface area (Å²) in [6.07, 6.45) is 0.373. The van der Waals surface area contributed by atoms with Crippen molar-refractivity contribution >= 4 is 5.97 Å². The number of aliphatic carboxylic acids is 1. The fraction of sp³-hybridized carbons (Fsp3) is 0.500. The highest BCUT2D eigenvalue weighted by molar-refractivity contribution is 5.86. The minimum atomic E-state index is -1.06. The summed E-state index contributed by atoms with van der Waals surface area (Å²) >= 11 is 0. The fourth-order valence-electron chi connectivity index (χ4n) is 0.389. The normalized spacial score (nSPS) is 12.7. The van der Waals surface area contributed by atoms with Crippen LogP contribution in [0.3, 0.4) is 0 Å². The first-order chi connectivity index (χ1) is 4.09. The summed E-state index contributed by atoms with van der Waals surface area (Å²) in [4.78, 5) is 10.1. The highest BCUT2D eigenvalue weighted by Gasteiger charge is 2.04. The summed E-state index contributed by atoms with van der Waals surface area (Å²) in [6.45, 7) is 3.07. The Bertz CT molecular complexity index is 146. The Labute approximate surface area is 53.6 Å². The van der Waals surface area contributed by atoms with Gasteiger partial charge in [-0.1, -0.05) is 6.92 Å². The van der Waals surface area contributed by atoms with Gasteiger partial charge in [-0.25, -0.2) is 4.79 Å². The molecule has 0 amide bonds. The van der Waals surface area contributed by atoms with E-state index in [9.17, 15) is 4.79 Å². The van der Waals surface area contributed by atoms with Crippen molar-refractivity contribution in [1.29, 1.82) is 0 Å². The van der Waals surface area contributed by atoms with Gasteiger partial charge in [-0.2, -0.15) is 0 Å². The van der Waals surface area contributed by atoms with Crippen LogP contribution in [0.4, 0.5) is 0 Å². The van der Waals surface area contributed by atoms with Gasteiger partial charge in [-0.3, -0.25) is 0 Å². The molecule has 0 spiro atoms. The summed E-state index contributed by atoms with van der Waals surface area (Å²) in [7, 11) is 0. The van der Waals surface area contributed by atoms with Crippen LogP contribution in [0.2, 0.25) is 0 Å². The zero-order valence-corrected chi connectivity index (χ0v) is 5.51. The molecular weight excluding hydrogens is 120 g/mol. The van der Waals surface area contributed by atoms with Crippen molar-refractivity contribution in [3.63, 3.8) is 0 Å². The minimum Gasteiger partial charge on any atom is -0.512 e. The maximum absolute atomic E-state index is 10.1. The molecule has 0 aliphatic rings. The van der Waals surface area contributed by atoms with Crippen LogP contribution in [0.5, 0.6) is 0 Å². The van der Waals surface area contributed by atoms with Gasteiger partial charge < -0.3 is 10.2 Å². The molecule has 0 unspecified atom stereocenters. The predicted octanol–water partition coefficient (Wildman–Crippen LogP) is 1.31. The molecule has 0 aromatic carbocycles. The third-order valence-electron chi connectivity index (χ3n) is 1.09. The van der Waals surface area contributed by atoms with Crippen LogP contribution in [0.1, 0.15) is 20.3 Å². The Kier molecular flexibility index (Phi) is 2.78. The molecule has 0 heterocycles. The standard InChI is InChI=1S/C6H10O3/c1-3-5(7)4(2)6(8)9/h7H,3H2,1-2H3,(H,8,9). The molecule has 3 nitrogen and oxygen atoms in total.